The third-order valence-electron chi connectivity index (χ3n) is 6.59. The average molecular weight is 420 g/mol. The Balaban J connectivity index is 1.27. The van der Waals surface area contributed by atoms with Gasteiger partial charge in [-0.25, -0.2) is 14.6 Å². The Hall–Kier alpha value is -3.00. The molecule has 1 atom stereocenters. The van der Waals surface area contributed by atoms with Gasteiger partial charge in [0.15, 0.2) is 5.65 Å². The molecule has 1 amide bonds. The Bertz CT molecular complexity index is 1040. The van der Waals surface area contributed by atoms with E-state index in [0.717, 1.165) is 61.6 Å². The SMILES string of the molecule is CC(C(=O)NC1CCCC1)N1CCN(c2ncnc3c2cnn3-c2ccccc2)CC1. The minimum Gasteiger partial charge on any atom is -0.353 e. The number of para-hydroxylation sites is 1. The lowest BCUT2D eigenvalue weighted by Gasteiger charge is -2.38. The van der Waals surface area contributed by atoms with Crippen LogP contribution in [0.2, 0.25) is 0 Å². The topological polar surface area (TPSA) is 79.2 Å². The van der Waals surface area contributed by atoms with Crippen molar-refractivity contribution < 1.29 is 4.79 Å². The zero-order valence-electron chi connectivity index (χ0n) is 17.9. The van der Waals surface area contributed by atoms with Gasteiger partial charge in [-0.2, -0.15) is 5.10 Å². The summed E-state index contributed by atoms with van der Waals surface area (Å²) < 4.78 is 1.85. The molecule has 8 nitrogen and oxygen atoms in total. The van der Waals surface area contributed by atoms with Gasteiger partial charge in [-0.05, 0) is 31.9 Å². The standard InChI is InChI=1S/C23H29N7O/c1-17(23(31)27-18-7-5-6-8-18)28-11-13-29(14-12-28)21-20-15-26-30(22(20)25-16-24-21)19-9-3-2-4-10-19/h2-4,9-10,15-18H,5-8,11-14H2,1H3,(H,27,31). The predicted molar refractivity (Wildman–Crippen MR) is 120 cm³/mol. The van der Waals surface area contributed by atoms with E-state index in [2.05, 4.69) is 30.2 Å². The van der Waals surface area contributed by atoms with Gasteiger partial charge in [0.1, 0.15) is 12.1 Å². The molecule has 0 spiro atoms. The van der Waals surface area contributed by atoms with Crippen LogP contribution < -0.4 is 10.2 Å². The molecular weight excluding hydrogens is 390 g/mol. The van der Waals surface area contributed by atoms with Gasteiger partial charge in [-0.1, -0.05) is 31.0 Å². The number of benzene rings is 1. The van der Waals surface area contributed by atoms with Crippen molar-refractivity contribution in [2.24, 2.45) is 0 Å². The summed E-state index contributed by atoms with van der Waals surface area (Å²) in [7, 11) is 0. The van der Waals surface area contributed by atoms with Gasteiger partial charge in [0.2, 0.25) is 5.91 Å². The van der Waals surface area contributed by atoms with Gasteiger partial charge < -0.3 is 10.2 Å². The van der Waals surface area contributed by atoms with Crippen LogP contribution in [0, 0.1) is 0 Å². The second-order valence-electron chi connectivity index (χ2n) is 8.52. The summed E-state index contributed by atoms with van der Waals surface area (Å²) in [5.41, 5.74) is 1.79. The Morgan fingerprint density at radius 1 is 1.06 bits per heavy atom. The molecule has 1 aliphatic heterocycles. The van der Waals surface area contributed by atoms with Crippen molar-refractivity contribution in [2.75, 3.05) is 31.1 Å². The summed E-state index contributed by atoms with van der Waals surface area (Å²) in [5.74, 6) is 1.07. The molecule has 8 heteroatoms. The highest BCUT2D eigenvalue weighted by molar-refractivity contribution is 5.87. The summed E-state index contributed by atoms with van der Waals surface area (Å²) >= 11 is 0. The minimum atomic E-state index is -0.103. The second-order valence-corrected chi connectivity index (χ2v) is 8.52. The number of hydrogen-bond donors (Lipinski definition) is 1. The third-order valence-corrected chi connectivity index (χ3v) is 6.59. The first-order valence-electron chi connectivity index (χ1n) is 11.2. The van der Waals surface area contributed by atoms with Gasteiger partial charge in [-0.15, -0.1) is 0 Å². The van der Waals surface area contributed by atoms with E-state index in [1.807, 2.05) is 48.1 Å². The smallest absolute Gasteiger partial charge is 0.237 e. The van der Waals surface area contributed by atoms with Crippen LogP contribution in [0.5, 0.6) is 0 Å². The number of carbonyl (C=O) groups is 1. The van der Waals surface area contributed by atoms with Crippen molar-refractivity contribution >= 4 is 22.8 Å². The number of piperazine rings is 1. The Morgan fingerprint density at radius 2 is 1.81 bits per heavy atom. The van der Waals surface area contributed by atoms with E-state index in [1.165, 1.54) is 12.8 Å². The number of nitrogens with zero attached hydrogens (tertiary/aromatic N) is 6. The summed E-state index contributed by atoms with van der Waals surface area (Å²) in [5, 5.41) is 8.75. The highest BCUT2D eigenvalue weighted by Gasteiger charge is 2.29. The fraction of sp³-hybridized carbons (Fsp3) is 0.478. The van der Waals surface area contributed by atoms with Crippen molar-refractivity contribution in [1.82, 2.24) is 30.0 Å². The Kier molecular flexibility index (Phi) is 5.55. The molecule has 1 unspecified atom stereocenters. The summed E-state index contributed by atoms with van der Waals surface area (Å²) in [4.78, 5) is 26.3. The van der Waals surface area contributed by atoms with Crippen LogP contribution in [0.25, 0.3) is 16.7 Å². The van der Waals surface area contributed by atoms with Crippen LogP contribution in [0.15, 0.2) is 42.9 Å². The van der Waals surface area contributed by atoms with E-state index in [4.69, 9.17) is 0 Å². The zero-order chi connectivity index (χ0) is 21.2. The highest BCUT2D eigenvalue weighted by Crippen LogP contribution is 2.26. The molecule has 5 rings (SSSR count). The number of fused-ring (bicyclic) bond motifs is 1. The molecule has 2 fully saturated rings. The van der Waals surface area contributed by atoms with E-state index in [9.17, 15) is 4.79 Å². The van der Waals surface area contributed by atoms with Gasteiger partial charge >= 0.3 is 0 Å². The number of nitrogens with one attached hydrogen (secondary N) is 1. The maximum atomic E-state index is 12.7. The normalized spacial score (nSPS) is 19.1. The van der Waals surface area contributed by atoms with Crippen molar-refractivity contribution in [2.45, 2.75) is 44.7 Å². The van der Waals surface area contributed by atoms with Crippen molar-refractivity contribution in [3.63, 3.8) is 0 Å². The first kappa shape index (κ1) is 19.9. The van der Waals surface area contributed by atoms with E-state index in [1.54, 1.807) is 6.33 Å². The summed E-state index contributed by atoms with van der Waals surface area (Å²) in [6.07, 6.45) is 8.16. The summed E-state index contributed by atoms with van der Waals surface area (Å²) in [6.45, 7) is 5.33. The van der Waals surface area contributed by atoms with Gasteiger partial charge in [0, 0.05) is 32.2 Å². The number of amides is 1. The molecule has 1 saturated heterocycles. The van der Waals surface area contributed by atoms with Crippen molar-refractivity contribution in [3.8, 4) is 5.69 Å². The monoisotopic (exact) mass is 419 g/mol. The Labute approximate surface area is 182 Å². The molecule has 1 aliphatic carbocycles. The average Bonchev–Trinajstić information content (AvgIpc) is 3.49. The highest BCUT2D eigenvalue weighted by atomic mass is 16.2. The van der Waals surface area contributed by atoms with Crippen molar-refractivity contribution in [1.29, 1.82) is 0 Å². The van der Waals surface area contributed by atoms with Crippen LogP contribution in [-0.2, 0) is 4.79 Å². The molecular formula is C23H29N7O. The molecule has 2 aromatic heterocycles. The van der Waals surface area contributed by atoms with Crippen LogP contribution in [0.1, 0.15) is 32.6 Å². The third kappa shape index (κ3) is 3.99. The quantitative estimate of drug-likeness (QED) is 0.684. The van der Waals surface area contributed by atoms with Crippen LogP contribution in [0.4, 0.5) is 5.82 Å². The maximum absolute atomic E-state index is 12.7. The number of anilines is 1. The fourth-order valence-corrected chi connectivity index (χ4v) is 4.72. The number of carbonyl (C=O) groups excluding carboxylic acids is 1. The van der Waals surface area contributed by atoms with Crippen LogP contribution >= 0.6 is 0 Å². The lowest BCUT2D eigenvalue weighted by atomic mass is 10.2. The second kappa shape index (κ2) is 8.63. The van der Waals surface area contributed by atoms with Gasteiger partial charge in [0.25, 0.3) is 0 Å². The molecule has 0 radical (unpaired) electrons. The molecule has 1 aromatic carbocycles. The number of aromatic nitrogens is 4. The van der Waals surface area contributed by atoms with Gasteiger partial charge in [-0.3, -0.25) is 9.69 Å². The molecule has 162 valence electrons. The minimum absolute atomic E-state index is 0.103. The van der Waals surface area contributed by atoms with E-state index >= 15 is 0 Å². The molecule has 2 aliphatic rings. The molecule has 1 saturated carbocycles. The zero-order valence-corrected chi connectivity index (χ0v) is 17.9. The Morgan fingerprint density at radius 3 is 2.55 bits per heavy atom. The predicted octanol–water partition coefficient (Wildman–Crippen LogP) is 2.38. The molecule has 3 aromatic rings. The number of hydrogen-bond acceptors (Lipinski definition) is 6. The molecule has 1 N–H and O–H groups in total. The number of rotatable bonds is 5. The summed E-state index contributed by atoms with van der Waals surface area (Å²) in [6, 6.07) is 10.3. The molecule has 0 bridgehead atoms. The fourth-order valence-electron chi connectivity index (χ4n) is 4.72. The first-order valence-corrected chi connectivity index (χ1v) is 11.2. The van der Waals surface area contributed by atoms with E-state index in [0.29, 0.717) is 6.04 Å². The molecule has 3 heterocycles. The first-order chi connectivity index (χ1) is 15.2. The van der Waals surface area contributed by atoms with E-state index in [-0.39, 0.29) is 11.9 Å². The molecule has 31 heavy (non-hydrogen) atoms. The van der Waals surface area contributed by atoms with Gasteiger partial charge in [0.05, 0.1) is 23.3 Å². The van der Waals surface area contributed by atoms with Crippen LogP contribution in [0.3, 0.4) is 0 Å². The maximum Gasteiger partial charge on any atom is 0.237 e. The van der Waals surface area contributed by atoms with Crippen molar-refractivity contribution in [3.05, 3.63) is 42.9 Å². The lowest BCUT2D eigenvalue weighted by molar-refractivity contribution is -0.126. The van der Waals surface area contributed by atoms with Crippen LogP contribution in [-0.4, -0.2) is 68.8 Å². The lowest BCUT2D eigenvalue weighted by Crippen LogP contribution is -2.55. The van der Waals surface area contributed by atoms with E-state index < -0.39 is 0 Å². The largest absolute Gasteiger partial charge is 0.353 e.